The molecule has 2 aromatic rings. The van der Waals surface area contributed by atoms with Crippen LogP contribution in [-0.4, -0.2) is 49.0 Å². The highest BCUT2D eigenvalue weighted by molar-refractivity contribution is 5.94. The Labute approximate surface area is 190 Å². The molecular weight excluding hydrogens is 406 g/mol. The van der Waals surface area contributed by atoms with Crippen LogP contribution in [0.1, 0.15) is 61.0 Å². The van der Waals surface area contributed by atoms with Crippen LogP contribution in [0.15, 0.2) is 36.4 Å². The summed E-state index contributed by atoms with van der Waals surface area (Å²) in [6, 6.07) is 10.4. The van der Waals surface area contributed by atoms with E-state index in [1.807, 2.05) is 17.0 Å². The molecule has 0 saturated carbocycles. The molecule has 0 radical (unpaired) electrons. The number of benzene rings is 2. The first kappa shape index (κ1) is 23.6. The number of amides is 1. The smallest absolute Gasteiger partial charge is 0.223 e. The van der Waals surface area contributed by atoms with Gasteiger partial charge in [0.15, 0.2) is 5.78 Å². The first-order chi connectivity index (χ1) is 15.2. The predicted molar refractivity (Wildman–Crippen MR) is 124 cm³/mol. The average Bonchev–Trinajstić information content (AvgIpc) is 2.76. The topological polar surface area (TPSA) is 76.1 Å². The Kier molecular flexibility index (Phi) is 7.44. The molecule has 1 unspecified atom stereocenters. The van der Waals surface area contributed by atoms with Crippen LogP contribution in [0.3, 0.4) is 0 Å². The van der Waals surface area contributed by atoms with E-state index in [2.05, 4.69) is 13.8 Å². The van der Waals surface area contributed by atoms with E-state index < -0.39 is 5.92 Å². The monoisotopic (exact) mass is 439 g/mol. The molecule has 1 aliphatic rings. The van der Waals surface area contributed by atoms with E-state index in [0.29, 0.717) is 34.5 Å². The second-order valence-electron chi connectivity index (χ2n) is 8.94. The van der Waals surface area contributed by atoms with E-state index >= 15 is 0 Å². The minimum Gasteiger partial charge on any atom is -0.507 e. The number of aromatic hydroxyl groups is 1. The number of phenolic OH excluding ortho intramolecular Hbond substituents is 1. The number of methoxy groups -OCH3 is 2. The summed E-state index contributed by atoms with van der Waals surface area (Å²) in [5.41, 5.74) is 1.97. The van der Waals surface area contributed by atoms with Crippen LogP contribution < -0.4 is 9.47 Å². The molecule has 1 N–H and O–H groups in total. The van der Waals surface area contributed by atoms with Crippen molar-refractivity contribution in [3.05, 3.63) is 53.1 Å². The molecule has 32 heavy (non-hydrogen) atoms. The zero-order chi connectivity index (χ0) is 23.4. The number of nitrogens with zero attached hydrogens (tertiary/aromatic N) is 1. The summed E-state index contributed by atoms with van der Waals surface area (Å²) in [5, 5.41) is 10.9. The molecule has 1 amide bonds. The number of rotatable bonds is 7. The third-order valence-electron chi connectivity index (χ3n) is 6.22. The van der Waals surface area contributed by atoms with Gasteiger partial charge in [0.25, 0.3) is 0 Å². The molecule has 1 aliphatic heterocycles. The molecule has 1 saturated heterocycles. The van der Waals surface area contributed by atoms with Crippen LogP contribution in [0.5, 0.6) is 17.2 Å². The zero-order valence-corrected chi connectivity index (χ0v) is 19.6. The van der Waals surface area contributed by atoms with Crippen molar-refractivity contribution in [1.82, 2.24) is 4.90 Å². The van der Waals surface area contributed by atoms with Gasteiger partial charge in [0.1, 0.15) is 17.2 Å². The number of piperidine rings is 1. The second kappa shape index (κ2) is 10.1. The van der Waals surface area contributed by atoms with Crippen molar-refractivity contribution >= 4 is 11.7 Å². The van der Waals surface area contributed by atoms with Gasteiger partial charge < -0.3 is 19.5 Å². The molecule has 3 atom stereocenters. The summed E-state index contributed by atoms with van der Waals surface area (Å²) in [7, 11) is 3.05. The summed E-state index contributed by atoms with van der Waals surface area (Å²) < 4.78 is 10.8. The minimum atomic E-state index is -0.433. The van der Waals surface area contributed by atoms with Crippen LogP contribution in [0, 0.1) is 11.8 Å². The highest BCUT2D eigenvalue weighted by atomic mass is 16.5. The van der Waals surface area contributed by atoms with Crippen LogP contribution >= 0.6 is 0 Å². The van der Waals surface area contributed by atoms with Crippen molar-refractivity contribution in [1.29, 1.82) is 0 Å². The average molecular weight is 440 g/mol. The van der Waals surface area contributed by atoms with Gasteiger partial charge in [-0.3, -0.25) is 9.59 Å². The standard InChI is InChI=1S/C26H33NO5/c1-16-10-17(2)15-27(14-16)25(30)13-22(20-8-6-19(7-9-20)18(3)28)26-23(29)11-21(31-4)12-24(26)32-5/h6-9,11-12,16-17,22,29H,10,13-15H2,1-5H3/t16-,17?,22-/m1/s1. The van der Waals surface area contributed by atoms with Gasteiger partial charge in [0, 0.05) is 48.7 Å². The molecule has 3 rings (SSSR count). The summed E-state index contributed by atoms with van der Waals surface area (Å²) in [4.78, 5) is 27.0. The van der Waals surface area contributed by atoms with E-state index in [1.54, 1.807) is 18.2 Å². The van der Waals surface area contributed by atoms with E-state index in [-0.39, 0.29) is 23.9 Å². The Balaban J connectivity index is 2.02. The summed E-state index contributed by atoms with van der Waals surface area (Å²) >= 11 is 0. The maximum Gasteiger partial charge on any atom is 0.223 e. The third kappa shape index (κ3) is 5.23. The van der Waals surface area contributed by atoms with Gasteiger partial charge in [0.05, 0.1) is 14.2 Å². The van der Waals surface area contributed by atoms with Crippen molar-refractivity contribution in [2.75, 3.05) is 27.3 Å². The van der Waals surface area contributed by atoms with E-state index in [4.69, 9.17) is 9.47 Å². The molecule has 1 fully saturated rings. The van der Waals surface area contributed by atoms with Gasteiger partial charge in [-0.05, 0) is 30.7 Å². The first-order valence-electron chi connectivity index (χ1n) is 11.1. The van der Waals surface area contributed by atoms with Gasteiger partial charge in [-0.1, -0.05) is 38.1 Å². The van der Waals surface area contributed by atoms with Crippen LogP contribution in [0.25, 0.3) is 0 Å². The number of ether oxygens (including phenoxy) is 2. The molecule has 6 nitrogen and oxygen atoms in total. The lowest BCUT2D eigenvalue weighted by Gasteiger charge is -2.36. The summed E-state index contributed by atoms with van der Waals surface area (Å²) in [6.45, 7) is 7.35. The van der Waals surface area contributed by atoms with Crippen LogP contribution in [0.2, 0.25) is 0 Å². The van der Waals surface area contributed by atoms with Gasteiger partial charge in [-0.2, -0.15) is 0 Å². The maximum atomic E-state index is 13.4. The van der Waals surface area contributed by atoms with Gasteiger partial charge in [-0.15, -0.1) is 0 Å². The van der Waals surface area contributed by atoms with Gasteiger partial charge in [-0.25, -0.2) is 0 Å². The number of carbonyl (C=O) groups is 2. The van der Waals surface area contributed by atoms with Crippen molar-refractivity contribution in [2.24, 2.45) is 11.8 Å². The number of likely N-dealkylation sites (tertiary alicyclic amines) is 1. The highest BCUT2D eigenvalue weighted by Gasteiger charge is 2.31. The van der Waals surface area contributed by atoms with E-state index in [9.17, 15) is 14.7 Å². The third-order valence-corrected chi connectivity index (χ3v) is 6.22. The number of hydrogen-bond acceptors (Lipinski definition) is 5. The number of ketones is 1. The summed E-state index contributed by atoms with van der Waals surface area (Å²) in [6.07, 6.45) is 1.31. The fraction of sp³-hybridized carbons (Fsp3) is 0.462. The second-order valence-corrected chi connectivity index (χ2v) is 8.94. The minimum absolute atomic E-state index is 0.00928. The number of hydrogen-bond donors (Lipinski definition) is 1. The molecule has 0 aromatic heterocycles. The van der Waals surface area contributed by atoms with E-state index in [1.165, 1.54) is 27.2 Å². The Morgan fingerprint density at radius 2 is 1.69 bits per heavy atom. The van der Waals surface area contributed by atoms with Crippen molar-refractivity contribution in [3.8, 4) is 17.2 Å². The lowest BCUT2D eigenvalue weighted by Crippen LogP contribution is -2.43. The Morgan fingerprint density at radius 1 is 1.06 bits per heavy atom. The normalized spacial score (nSPS) is 19.3. The fourth-order valence-corrected chi connectivity index (χ4v) is 4.73. The Morgan fingerprint density at radius 3 is 2.22 bits per heavy atom. The highest BCUT2D eigenvalue weighted by Crippen LogP contribution is 2.43. The lowest BCUT2D eigenvalue weighted by molar-refractivity contribution is -0.134. The molecule has 6 heteroatoms. The molecule has 0 spiro atoms. The molecule has 0 bridgehead atoms. The van der Waals surface area contributed by atoms with Crippen molar-refractivity contribution in [2.45, 2.75) is 39.5 Å². The largest absolute Gasteiger partial charge is 0.507 e. The SMILES string of the molecule is COc1cc(O)c([C@H](CC(=O)N2CC(C)C[C@@H](C)C2)c2ccc(C(C)=O)cc2)c(OC)c1. The molecule has 1 heterocycles. The number of Topliss-reactive ketones (excluding diaryl/α,β-unsaturated/α-hetero) is 1. The molecular formula is C26H33NO5. The van der Waals surface area contributed by atoms with Crippen molar-refractivity contribution < 1.29 is 24.2 Å². The molecule has 172 valence electrons. The lowest BCUT2D eigenvalue weighted by atomic mass is 9.85. The number of phenols is 1. The van der Waals surface area contributed by atoms with Gasteiger partial charge in [0.2, 0.25) is 5.91 Å². The molecule has 2 aromatic carbocycles. The fourth-order valence-electron chi connectivity index (χ4n) is 4.73. The Hall–Kier alpha value is -3.02. The Bertz CT molecular complexity index is 959. The van der Waals surface area contributed by atoms with E-state index in [0.717, 1.165) is 25.1 Å². The summed E-state index contributed by atoms with van der Waals surface area (Å²) in [5.74, 6) is 1.44. The zero-order valence-electron chi connectivity index (χ0n) is 19.6. The molecule has 0 aliphatic carbocycles. The number of carbonyl (C=O) groups excluding carboxylic acids is 2. The first-order valence-corrected chi connectivity index (χ1v) is 11.1. The predicted octanol–water partition coefficient (Wildman–Crippen LogP) is 4.64. The van der Waals surface area contributed by atoms with Gasteiger partial charge >= 0.3 is 0 Å². The maximum absolute atomic E-state index is 13.4. The van der Waals surface area contributed by atoms with Crippen molar-refractivity contribution in [3.63, 3.8) is 0 Å². The van der Waals surface area contributed by atoms with Crippen LogP contribution in [0.4, 0.5) is 0 Å². The quantitative estimate of drug-likeness (QED) is 0.636. The van der Waals surface area contributed by atoms with Crippen LogP contribution in [-0.2, 0) is 4.79 Å².